The molecule has 0 spiro atoms. The van der Waals surface area contributed by atoms with Gasteiger partial charge in [0.05, 0.1) is 25.8 Å². The zero-order chi connectivity index (χ0) is 24.0. The molecule has 1 fully saturated rings. The lowest BCUT2D eigenvalue weighted by Crippen LogP contribution is -2.48. The molecule has 1 saturated heterocycles. The van der Waals surface area contributed by atoms with Crippen molar-refractivity contribution in [2.24, 2.45) is 5.92 Å². The first kappa shape index (κ1) is 22.8. The standard InChI is InChI=1S/C26H27FN2O4S/c1-28-22-12-9-18(17-7-10-19(27)11-8-17)15-21(22)26-20(23(28)16-30)13-14-29(26)34(31,32)25-6-4-3-5-24(25)33-2/h3-12,15,20,23,26,30H,13-14,16H2,1-2H3/t20-,23-,26-/m1/s1. The summed E-state index contributed by atoms with van der Waals surface area (Å²) >= 11 is 0. The number of rotatable bonds is 5. The van der Waals surface area contributed by atoms with E-state index in [1.807, 2.05) is 30.1 Å². The van der Waals surface area contributed by atoms with Crippen molar-refractivity contribution in [1.29, 1.82) is 0 Å². The Morgan fingerprint density at radius 2 is 1.76 bits per heavy atom. The number of aliphatic hydroxyl groups excluding tert-OH is 1. The van der Waals surface area contributed by atoms with Crippen LogP contribution in [0.2, 0.25) is 0 Å². The number of hydrogen-bond donors (Lipinski definition) is 1. The van der Waals surface area contributed by atoms with E-state index in [2.05, 4.69) is 0 Å². The Labute approximate surface area is 199 Å². The molecular formula is C26H27FN2O4S. The summed E-state index contributed by atoms with van der Waals surface area (Å²) in [6.45, 7) is 0.277. The van der Waals surface area contributed by atoms with Crippen molar-refractivity contribution >= 4 is 15.7 Å². The van der Waals surface area contributed by atoms with Gasteiger partial charge < -0.3 is 14.7 Å². The number of fused-ring (bicyclic) bond motifs is 3. The number of nitrogens with zero attached hydrogens (tertiary/aromatic N) is 2. The highest BCUT2D eigenvalue weighted by Gasteiger charge is 2.50. The number of benzene rings is 3. The first-order chi connectivity index (χ1) is 16.4. The van der Waals surface area contributed by atoms with Crippen LogP contribution in [0, 0.1) is 11.7 Å². The van der Waals surface area contributed by atoms with Gasteiger partial charge in [0, 0.05) is 25.2 Å². The smallest absolute Gasteiger partial charge is 0.247 e. The topological polar surface area (TPSA) is 70.1 Å². The summed E-state index contributed by atoms with van der Waals surface area (Å²) in [6.07, 6.45) is 0.634. The van der Waals surface area contributed by atoms with Gasteiger partial charge in [-0.2, -0.15) is 4.31 Å². The first-order valence-electron chi connectivity index (χ1n) is 11.2. The molecule has 6 nitrogen and oxygen atoms in total. The molecule has 3 aromatic carbocycles. The van der Waals surface area contributed by atoms with E-state index in [4.69, 9.17) is 4.74 Å². The second-order valence-corrected chi connectivity index (χ2v) is 10.7. The van der Waals surface area contributed by atoms with Gasteiger partial charge in [-0.25, -0.2) is 12.8 Å². The Bertz CT molecular complexity index is 1310. The molecule has 5 rings (SSSR count). The fourth-order valence-electron chi connectivity index (χ4n) is 5.46. The molecule has 34 heavy (non-hydrogen) atoms. The molecule has 178 valence electrons. The summed E-state index contributed by atoms with van der Waals surface area (Å²) in [6, 6.07) is 18.2. The normalized spacial score (nSPS) is 22.4. The van der Waals surface area contributed by atoms with E-state index in [0.29, 0.717) is 18.7 Å². The number of aliphatic hydroxyl groups is 1. The molecule has 8 heteroatoms. The van der Waals surface area contributed by atoms with E-state index < -0.39 is 16.1 Å². The van der Waals surface area contributed by atoms with Crippen molar-refractivity contribution in [2.45, 2.75) is 23.4 Å². The Kier molecular flexibility index (Phi) is 5.83. The van der Waals surface area contributed by atoms with Crippen LogP contribution in [0.1, 0.15) is 18.0 Å². The molecule has 0 bridgehead atoms. The van der Waals surface area contributed by atoms with E-state index in [1.54, 1.807) is 40.7 Å². The van der Waals surface area contributed by atoms with Crippen molar-refractivity contribution in [3.8, 4) is 16.9 Å². The molecule has 2 heterocycles. The predicted molar refractivity (Wildman–Crippen MR) is 129 cm³/mol. The van der Waals surface area contributed by atoms with Crippen molar-refractivity contribution < 1.29 is 22.7 Å². The molecule has 1 N–H and O–H groups in total. The summed E-state index contributed by atoms with van der Waals surface area (Å²) < 4.78 is 48.1. The van der Waals surface area contributed by atoms with Crippen molar-refractivity contribution in [2.75, 3.05) is 32.2 Å². The zero-order valence-electron chi connectivity index (χ0n) is 19.1. The Hall–Kier alpha value is -2.94. The van der Waals surface area contributed by atoms with Crippen LogP contribution >= 0.6 is 0 Å². The zero-order valence-corrected chi connectivity index (χ0v) is 19.9. The lowest BCUT2D eigenvalue weighted by molar-refractivity contribution is 0.193. The van der Waals surface area contributed by atoms with Crippen LogP contribution in [-0.4, -0.2) is 51.2 Å². The Morgan fingerprint density at radius 3 is 2.47 bits per heavy atom. The maximum absolute atomic E-state index is 13.9. The molecule has 3 aromatic rings. The van der Waals surface area contributed by atoms with E-state index >= 15 is 0 Å². The number of hydrogen-bond acceptors (Lipinski definition) is 5. The summed E-state index contributed by atoms with van der Waals surface area (Å²) in [5.74, 6) is -0.0783. The third-order valence-corrected chi connectivity index (χ3v) is 9.06. The largest absolute Gasteiger partial charge is 0.495 e. The third-order valence-electron chi connectivity index (χ3n) is 7.14. The minimum atomic E-state index is -3.87. The lowest BCUT2D eigenvalue weighted by atomic mass is 9.81. The third kappa shape index (κ3) is 3.57. The van der Waals surface area contributed by atoms with Gasteiger partial charge in [-0.05, 0) is 59.5 Å². The molecule has 0 radical (unpaired) electrons. The minimum absolute atomic E-state index is 0.0701. The molecule has 0 aliphatic carbocycles. The fraction of sp³-hybridized carbons (Fsp3) is 0.308. The molecule has 0 saturated carbocycles. The summed E-state index contributed by atoms with van der Waals surface area (Å²) in [5.41, 5.74) is 3.50. The number of sulfonamides is 1. The highest BCUT2D eigenvalue weighted by Crippen LogP contribution is 2.51. The van der Waals surface area contributed by atoms with E-state index in [9.17, 15) is 17.9 Å². The van der Waals surface area contributed by atoms with Gasteiger partial charge in [-0.1, -0.05) is 30.3 Å². The van der Waals surface area contributed by atoms with Crippen LogP contribution in [0.25, 0.3) is 11.1 Å². The maximum atomic E-state index is 13.9. The van der Waals surface area contributed by atoms with Crippen molar-refractivity contribution in [3.63, 3.8) is 0 Å². The molecule has 0 amide bonds. The van der Waals surface area contributed by atoms with Crippen LogP contribution in [0.5, 0.6) is 5.75 Å². The van der Waals surface area contributed by atoms with Gasteiger partial charge >= 0.3 is 0 Å². The second-order valence-electron chi connectivity index (χ2n) is 8.81. The fourth-order valence-corrected chi connectivity index (χ4v) is 7.29. The minimum Gasteiger partial charge on any atom is -0.495 e. The van der Waals surface area contributed by atoms with Crippen LogP contribution in [-0.2, 0) is 10.0 Å². The second kappa shape index (κ2) is 8.69. The first-order valence-corrected chi connectivity index (χ1v) is 12.7. The van der Waals surface area contributed by atoms with E-state index in [-0.39, 0.29) is 29.3 Å². The summed E-state index contributed by atoms with van der Waals surface area (Å²) in [4.78, 5) is 2.18. The number of likely N-dealkylation sites (N-methyl/N-ethyl adjacent to an activating group) is 1. The molecule has 2 aliphatic heterocycles. The molecular weight excluding hydrogens is 455 g/mol. The maximum Gasteiger partial charge on any atom is 0.247 e. The van der Waals surface area contributed by atoms with E-state index in [0.717, 1.165) is 22.4 Å². The Balaban J connectivity index is 1.65. The van der Waals surface area contributed by atoms with Gasteiger partial charge in [-0.3, -0.25) is 0 Å². The highest BCUT2D eigenvalue weighted by atomic mass is 32.2. The SMILES string of the molecule is COc1ccccc1S(=O)(=O)N1CC[C@@H]2[C@@H](CO)N(C)c3ccc(-c4ccc(F)cc4)cc3[C@@H]21. The number of para-hydroxylation sites is 1. The van der Waals surface area contributed by atoms with Crippen molar-refractivity contribution in [3.05, 3.63) is 78.1 Å². The van der Waals surface area contributed by atoms with Crippen LogP contribution in [0.4, 0.5) is 10.1 Å². The van der Waals surface area contributed by atoms with Gasteiger partial charge in [0.1, 0.15) is 16.5 Å². The quantitative estimate of drug-likeness (QED) is 0.594. The van der Waals surface area contributed by atoms with Gasteiger partial charge in [0.2, 0.25) is 10.0 Å². The monoisotopic (exact) mass is 482 g/mol. The summed E-state index contributed by atoms with van der Waals surface area (Å²) in [7, 11) is -0.472. The molecule has 0 aromatic heterocycles. The number of anilines is 1. The van der Waals surface area contributed by atoms with Gasteiger partial charge in [-0.15, -0.1) is 0 Å². The number of halogens is 1. The number of methoxy groups -OCH3 is 1. The average molecular weight is 483 g/mol. The average Bonchev–Trinajstić information content (AvgIpc) is 3.30. The predicted octanol–water partition coefficient (Wildman–Crippen LogP) is 4.06. The van der Waals surface area contributed by atoms with Gasteiger partial charge in [0.25, 0.3) is 0 Å². The Morgan fingerprint density at radius 1 is 1.06 bits per heavy atom. The summed E-state index contributed by atoms with van der Waals surface area (Å²) in [5, 5.41) is 10.2. The number of ether oxygens (including phenoxy) is 1. The molecule has 0 unspecified atom stereocenters. The highest BCUT2D eigenvalue weighted by molar-refractivity contribution is 7.89. The van der Waals surface area contributed by atoms with Crippen LogP contribution in [0.3, 0.4) is 0 Å². The van der Waals surface area contributed by atoms with E-state index in [1.165, 1.54) is 19.2 Å². The van der Waals surface area contributed by atoms with Gasteiger partial charge in [0.15, 0.2) is 0 Å². The van der Waals surface area contributed by atoms with Crippen LogP contribution in [0.15, 0.2) is 71.6 Å². The van der Waals surface area contributed by atoms with Crippen molar-refractivity contribution in [1.82, 2.24) is 4.31 Å². The molecule has 2 aliphatic rings. The van der Waals surface area contributed by atoms with Crippen LogP contribution < -0.4 is 9.64 Å². The lowest BCUT2D eigenvalue weighted by Gasteiger charge is -2.44. The molecule has 3 atom stereocenters.